The second kappa shape index (κ2) is 4.57. The summed E-state index contributed by atoms with van der Waals surface area (Å²) in [6.45, 7) is 3.44. The third kappa shape index (κ3) is 2.76. The Labute approximate surface area is 92.9 Å². The molecule has 1 aromatic carbocycles. The molecule has 4 nitrogen and oxygen atoms in total. The Hall–Kier alpha value is -1.49. The number of hydrogen-bond acceptors (Lipinski definition) is 3. The zero-order valence-electron chi connectivity index (χ0n) is 9.24. The Morgan fingerprint density at radius 2 is 2.12 bits per heavy atom. The minimum atomic E-state index is -0.811. The van der Waals surface area contributed by atoms with Crippen molar-refractivity contribution in [2.75, 3.05) is 6.61 Å². The maximum Gasteiger partial charge on any atom is 0.305 e. The van der Waals surface area contributed by atoms with Crippen molar-refractivity contribution in [2.24, 2.45) is 5.41 Å². The molecule has 0 radical (unpaired) electrons. The van der Waals surface area contributed by atoms with Crippen LogP contribution in [-0.2, 0) is 6.42 Å². The van der Waals surface area contributed by atoms with E-state index in [0.717, 1.165) is 6.07 Å². The van der Waals surface area contributed by atoms with Crippen molar-refractivity contribution in [3.05, 3.63) is 39.7 Å². The van der Waals surface area contributed by atoms with Crippen molar-refractivity contribution in [1.29, 1.82) is 0 Å². The van der Waals surface area contributed by atoms with E-state index in [-0.39, 0.29) is 18.6 Å². The molecule has 0 spiro atoms. The number of nitro groups is 1. The van der Waals surface area contributed by atoms with Crippen LogP contribution in [0.5, 0.6) is 0 Å². The highest BCUT2D eigenvalue weighted by molar-refractivity contribution is 5.37. The molecule has 88 valence electrons. The van der Waals surface area contributed by atoms with Gasteiger partial charge in [0.1, 0.15) is 0 Å². The normalized spacial score (nSPS) is 11.5. The van der Waals surface area contributed by atoms with Gasteiger partial charge >= 0.3 is 5.69 Å². The van der Waals surface area contributed by atoms with E-state index in [1.807, 2.05) is 0 Å². The minimum absolute atomic E-state index is 0.102. The van der Waals surface area contributed by atoms with E-state index in [4.69, 9.17) is 5.11 Å². The van der Waals surface area contributed by atoms with Gasteiger partial charge < -0.3 is 5.11 Å². The number of hydrogen-bond donors (Lipinski definition) is 1. The van der Waals surface area contributed by atoms with Crippen molar-refractivity contribution in [3.8, 4) is 0 Å². The summed E-state index contributed by atoms with van der Waals surface area (Å²) in [6, 6.07) is 4.08. The first-order valence-electron chi connectivity index (χ1n) is 4.90. The monoisotopic (exact) mass is 227 g/mol. The molecule has 0 heterocycles. The van der Waals surface area contributed by atoms with Crippen LogP contribution in [0.3, 0.4) is 0 Å². The SMILES string of the molecule is CC(C)(CO)Cc1cccc([N+](=O)[O-])c1F. The maximum atomic E-state index is 13.7. The van der Waals surface area contributed by atoms with Gasteiger partial charge in [0.25, 0.3) is 0 Å². The van der Waals surface area contributed by atoms with Crippen LogP contribution in [0.25, 0.3) is 0 Å². The summed E-state index contributed by atoms with van der Waals surface area (Å²) in [5, 5.41) is 19.6. The molecule has 1 rings (SSSR count). The fourth-order valence-corrected chi connectivity index (χ4v) is 1.42. The van der Waals surface area contributed by atoms with E-state index in [1.54, 1.807) is 13.8 Å². The molecule has 0 aliphatic heterocycles. The number of nitro benzene ring substituents is 1. The molecule has 1 N–H and O–H groups in total. The smallest absolute Gasteiger partial charge is 0.305 e. The van der Waals surface area contributed by atoms with E-state index >= 15 is 0 Å². The second-order valence-electron chi connectivity index (χ2n) is 4.51. The van der Waals surface area contributed by atoms with Crippen molar-refractivity contribution in [1.82, 2.24) is 0 Å². The van der Waals surface area contributed by atoms with E-state index in [0.29, 0.717) is 0 Å². The molecular formula is C11H14FNO3. The molecule has 0 unspecified atom stereocenters. The highest BCUT2D eigenvalue weighted by Gasteiger charge is 2.23. The van der Waals surface area contributed by atoms with Crippen LogP contribution in [0.15, 0.2) is 18.2 Å². The average Bonchev–Trinajstić information content (AvgIpc) is 2.20. The summed E-state index contributed by atoms with van der Waals surface area (Å²) in [4.78, 5) is 9.78. The summed E-state index contributed by atoms with van der Waals surface area (Å²) >= 11 is 0. The van der Waals surface area contributed by atoms with Crippen LogP contribution >= 0.6 is 0 Å². The Balaban J connectivity index is 3.07. The predicted molar refractivity (Wildman–Crippen MR) is 57.6 cm³/mol. The molecule has 0 fully saturated rings. The second-order valence-corrected chi connectivity index (χ2v) is 4.51. The highest BCUT2D eigenvalue weighted by Crippen LogP contribution is 2.26. The van der Waals surface area contributed by atoms with Crippen LogP contribution in [-0.4, -0.2) is 16.6 Å². The fourth-order valence-electron chi connectivity index (χ4n) is 1.42. The minimum Gasteiger partial charge on any atom is -0.396 e. The molecule has 16 heavy (non-hydrogen) atoms. The van der Waals surface area contributed by atoms with E-state index in [1.165, 1.54) is 12.1 Å². The van der Waals surface area contributed by atoms with E-state index in [2.05, 4.69) is 0 Å². The molecule has 0 amide bonds. The first kappa shape index (κ1) is 12.6. The van der Waals surface area contributed by atoms with Crippen molar-refractivity contribution in [2.45, 2.75) is 20.3 Å². The third-order valence-corrected chi connectivity index (χ3v) is 2.35. The molecule has 0 aliphatic rings. The fraction of sp³-hybridized carbons (Fsp3) is 0.455. The number of aliphatic hydroxyl groups excluding tert-OH is 1. The highest BCUT2D eigenvalue weighted by atomic mass is 19.1. The number of aliphatic hydroxyl groups is 1. The predicted octanol–water partition coefficient (Wildman–Crippen LogP) is 2.29. The Bertz CT molecular complexity index is 404. The summed E-state index contributed by atoms with van der Waals surface area (Å²) in [5.41, 5.74) is -0.754. The molecular weight excluding hydrogens is 213 g/mol. The van der Waals surface area contributed by atoms with Crippen LogP contribution in [0.4, 0.5) is 10.1 Å². The molecule has 0 bridgehead atoms. The van der Waals surface area contributed by atoms with Crippen molar-refractivity contribution >= 4 is 5.69 Å². The van der Waals surface area contributed by atoms with E-state index < -0.39 is 21.8 Å². The zero-order valence-corrected chi connectivity index (χ0v) is 9.24. The van der Waals surface area contributed by atoms with Crippen molar-refractivity contribution in [3.63, 3.8) is 0 Å². The van der Waals surface area contributed by atoms with Crippen LogP contribution < -0.4 is 0 Å². The summed E-state index contributed by atoms with van der Waals surface area (Å²) in [7, 11) is 0. The molecule has 5 heteroatoms. The topological polar surface area (TPSA) is 63.4 Å². The van der Waals surface area contributed by atoms with Gasteiger partial charge in [0, 0.05) is 12.7 Å². The number of nitrogens with zero attached hydrogens (tertiary/aromatic N) is 1. The van der Waals surface area contributed by atoms with Gasteiger partial charge in [0.05, 0.1) is 4.92 Å². The Morgan fingerprint density at radius 3 is 2.62 bits per heavy atom. The Morgan fingerprint density at radius 1 is 1.50 bits per heavy atom. The summed E-state index contributed by atoms with van der Waals surface area (Å²) < 4.78 is 13.7. The van der Waals surface area contributed by atoms with E-state index in [9.17, 15) is 14.5 Å². The average molecular weight is 227 g/mol. The van der Waals surface area contributed by atoms with Gasteiger partial charge in [-0.2, -0.15) is 4.39 Å². The quantitative estimate of drug-likeness (QED) is 0.634. The Kier molecular flexibility index (Phi) is 3.59. The molecule has 0 aliphatic carbocycles. The lowest BCUT2D eigenvalue weighted by Gasteiger charge is -2.21. The van der Waals surface area contributed by atoms with Gasteiger partial charge in [-0.15, -0.1) is 0 Å². The van der Waals surface area contributed by atoms with Crippen molar-refractivity contribution < 1.29 is 14.4 Å². The standard InChI is InChI=1S/C11H14FNO3/c1-11(2,7-14)6-8-4-3-5-9(10(8)12)13(15)16/h3-5,14H,6-7H2,1-2H3. The molecule has 1 aromatic rings. The molecule has 0 saturated carbocycles. The lowest BCUT2D eigenvalue weighted by Crippen LogP contribution is -2.20. The van der Waals surface area contributed by atoms with Gasteiger partial charge in [-0.1, -0.05) is 26.0 Å². The number of benzene rings is 1. The molecule has 0 aromatic heterocycles. The number of rotatable bonds is 4. The summed E-state index contributed by atoms with van der Waals surface area (Å²) in [6.07, 6.45) is 0.261. The molecule has 0 saturated heterocycles. The molecule has 0 atom stereocenters. The van der Waals surface area contributed by atoms with Crippen LogP contribution in [0, 0.1) is 21.3 Å². The van der Waals surface area contributed by atoms with Gasteiger partial charge in [-0.3, -0.25) is 10.1 Å². The number of halogens is 1. The first-order chi connectivity index (χ1) is 7.37. The lowest BCUT2D eigenvalue weighted by molar-refractivity contribution is -0.387. The van der Waals surface area contributed by atoms with Gasteiger partial charge in [-0.25, -0.2) is 0 Å². The zero-order chi connectivity index (χ0) is 12.3. The summed E-state index contributed by atoms with van der Waals surface area (Å²) in [5.74, 6) is -0.811. The van der Waals surface area contributed by atoms with Gasteiger partial charge in [0.2, 0.25) is 5.82 Å². The third-order valence-electron chi connectivity index (χ3n) is 2.35. The van der Waals surface area contributed by atoms with Gasteiger partial charge in [-0.05, 0) is 17.4 Å². The van der Waals surface area contributed by atoms with Gasteiger partial charge in [0.15, 0.2) is 0 Å². The van der Waals surface area contributed by atoms with Crippen LogP contribution in [0.2, 0.25) is 0 Å². The largest absolute Gasteiger partial charge is 0.396 e. The maximum absolute atomic E-state index is 13.7. The first-order valence-corrected chi connectivity index (χ1v) is 4.90. The van der Waals surface area contributed by atoms with Crippen LogP contribution in [0.1, 0.15) is 19.4 Å². The lowest BCUT2D eigenvalue weighted by atomic mass is 9.86.